The topological polar surface area (TPSA) is 66.5 Å². The Labute approximate surface area is 190 Å². The van der Waals surface area contributed by atoms with Gasteiger partial charge in [-0.05, 0) is 68.3 Å². The number of nitrogens with one attached hydrogen (secondary N) is 1. The van der Waals surface area contributed by atoms with Crippen molar-refractivity contribution in [1.82, 2.24) is 0 Å². The van der Waals surface area contributed by atoms with Gasteiger partial charge in [-0.25, -0.2) is 8.42 Å². The maximum atomic E-state index is 13.4. The average molecular weight is 477 g/mol. The van der Waals surface area contributed by atoms with Crippen molar-refractivity contribution < 1.29 is 26.4 Å². The molecule has 9 heteroatoms. The third-order valence-electron chi connectivity index (χ3n) is 5.02. The molecule has 0 aliphatic rings. The Hall–Kier alpha value is -3.33. The van der Waals surface area contributed by atoms with Crippen molar-refractivity contribution in [2.75, 3.05) is 16.2 Å². The fourth-order valence-electron chi connectivity index (χ4n) is 3.18. The molecule has 0 fully saturated rings. The lowest BCUT2D eigenvalue weighted by atomic mass is 10.1. The molecular weight excluding hydrogens is 453 g/mol. The minimum atomic E-state index is -4.67. The molecule has 174 valence electrons. The van der Waals surface area contributed by atoms with Gasteiger partial charge in [0.05, 0.1) is 16.1 Å². The Morgan fingerprint density at radius 3 is 2.18 bits per heavy atom. The Kier molecular flexibility index (Phi) is 6.83. The SMILES string of the molecule is Cc1ccc(S(=O)(=O)N(CC(=O)Nc2cc(C)ccc2C)c2cccc(C(F)(F)F)c2)cc1. The van der Waals surface area contributed by atoms with Crippen LogP contribution in [-0.4, -0.2) is 20.9 Å². The van der Waals surface area contributed by atoms with Crippen LogP contribution in [0.25, 0.3) is 0 Å². The lowest BCUT2D eigenvalue weighted by molar-refractivity contribution is -0.137. The van der Waals surface area contributed by atoms with Crippen molar-refractivity contribution in [1.29, 1.82) is 0 Å². The smallest absolute Gasteiger partial charge is 0.324 e. The maximum Gasteiger partial charge on any atom is 0.416 e. The summed E-state index contributed by atoms with van der Waals surface area (Å²) in [6.45, 7) is 4.69. The van der Waals surface area contributed by atoms with Gasteiger partial charge in [0, 0.05) is 5.69 Å². The normalized spacial score (nSPS) is 11.8. The van der Waals surface area contributed by atoms with E-state index in [0.29, 0.717) is 9.99 Å². The number of hydrogen-bond donors (Lipinski definition) is 1. The number of anilines is 2. The van der Waals surface area contributed by atoms with Crippen LogP contribution in [0.5, 0.6) is 0 Å². The molecular formula is C24H23F3N2O3S. The molecule has 0 saturated heterocycles. The van der Waals surface area contributed by atoms with E-state index in [1.807, 2.05) is 13.0 Å². The zero-order valence-electron chi connectivity index (χ0n) is 18.3. The monoisotopic (exact) mass is 476 g/mol. The van der Waals surface area contributed by atoms with Crippen LogP contribution in [-0.2, 0) is 21.0 Å². The molecule has 0 bridgehead atoms. The van der Waals surface area contributed by atoms with Crippen molar-refractivity contribution in [2.24, 2.45) is 0 Å². The van der Waals surface area contributed by atoms with Crippen LogP contribution in [0.15, 0.2) is 71.6 Å². The first kappa shape index (κ1) is 24.3. The maximum absolute atomic E-state index is 13.4. The number of hydrogen-bond acceptors (Lipinski definition) is 3. The van der Waals surface area contributed by atoms with Gasteiger partial charge in [-0.15, -0.1) is 0 Å². The number of nitrogens with zero attached hydrogens (tertiary/aromatic N) is 1. The summed E-state index contributed by atoms with van der Waals surface area (Å²) < 4.78 is 67.3. The predicted octanol–water partition coefficient (Wildman–Crippen LogP) is 5.46. The number of benzene rings is 3. The predicted molar refractivity (Wildman–Crippen MR) is 122 cm³/mol. The van der Waals surface area contributed by atoms with Gasteiger partial charge in [0.15, 0.2) is 0 Å². The quantitative estimate of drug-likeness (QED) is 0.514. The number of amides is 1. The van der Waals surface area contributed by atoms with Crippen LogP contribution in [0.4, 0.5) is 24.5 Å². The molecule has 1 amide bonds. The summed E-state index contributed by atoms with van der Waals surface area (Å²) in [6, 6.07) is 15.2. The summed E-state index contributed by atoms with van der Waals surface area (Å²) in [5.41, 5.74) is 1.68. The fourth-order valence-corrected chi connectivity index (χ4v) is 4.59. The first-order valence-corrected chi connectivity index (χ1v) is 11.5. The minimum Gasteiger partial charge on any atom is -0.324 e. The highest BCUT2D eigenvalue weighted by atomic mass is 32.2. The highest BCUT2D eigenvalue weighted by Crippen LogP contribution is 2.33. The van der Waals surface area contributed by atoms with E-state index >= 15 is 0 Å². The van der Waals surface area contributed by atoms with Gasteiger partial charge in [0.25, 0.3) is 10.0 Å². The van der Waals surface area contributed by atoms with Gasteiger partial charge < -0.3 is 5.32 Å². The van der Waals surface area contributed by atoms with Gasteiger partial charge in [0.1, 0.15) is 6.54 Å². The second-order valence-electron chi connectivity index (χ2n) is 7.74. The standard InChI is InChI=1S/C24H23F3N2O3S/c1-16-8-11-21(12-9-16)33(31,32)29(20-6-4-5-19(14-20)24(25,26)27)15-23(30)28-22-13-17(2)7-10-18(22)3/h4-14H,15H2,1-3H3,(H,28,30). The van der Waals surface area contributed by atoms with Crippen LogP contribution < -0.4 is 9.62 Å². The number of halogens is 3. The minimum absolute atomic E-state index is 0.134. The van der Waals surface area contributed by atoms with Gasteiger partial charge in [0.2, 0.25) is 5.91 Å². The molecule has 33 heavy (non-hydrogen) atoms. The Balaban J connectivity index is 2.03. The van der Waals surface area contributed by atoms with Crippen LogP contribution >= 0.6 is 0 Å². The van der Waals surface area contributed by atoms with E-state index in [4.69, 9.17) is 0 Å². The lowest BCUT2D eigenvalue weighted by Gasteiger charge is -2.25. The molecule has 3 aromatic carbocycles. The van der Waals surface area contributed by atoms with Gasteiger partial charge in [-0.1, -0.05) is 35.9 Å². The van der Waals surface area contributed by atoms with Crippen molar-refractivity contribution in [3.63, 3.8) is 0 Å². The van der Waals surface area contributed by atoms with E-state index < -0.39 is 34.2 Å². The molecule has 0 radical (unpaired) electrons. The number of sulfonamides is 1. The number of rotatable bonds is 6. The second kappa shape index (κ2) is 9.27. The van der Waals surface area contributed by atoms with Crippen LogP contribution in [0, 0.1) is 20.8 Å². The second-order valence-corrected chi connectivity index (χ2v) is 9.60. The zero-order chi connectivity index (χ0) is 24.4. The van der Waals surface area contributed by atoms with Crippen molar-refractivity contribution in [2.45, 2.75) is 31.8 Å². The fraction of sp³-hybridized carbons (Fsp3) is 0.208. The largest absolute Gasteiger partial charge is 0.416 e. The molecule has 0 spiro atoms. The molecule has 0 aromatic heterocycles. The van der Waals surface area contributed by atoms with Gasteiger partial charge in [-0.3, -0.25) is 9.10 Å². The van der Waals surface area contributed by atoms with Crippen LogP contribution in [0.2, 0.25) is 0 Å². The Morgan fingerprint density at radius 1 is 0.909 bits per heavy atom. The molecule has 0 aliphatic heterocycles. The summed E-state index contributed by atoms with van der Waals surface area (Å²) in [7, 11) is -4.33. The molecule has 0 unspecified atom stereocenters. The zero-order valence-corrected chi connectivity index (χ0v) is 19.1. The summed E-state index contributed by atoms with van der Waals surface area (Å²) in [4.78, 5) is 12.7. The highest BCUT2D eigenvalue weighted by Gasteiger charge is 2.33. The van der Waals surface area contributed by atoms with Crippen LogP contribution in [0.1, 0.15) is 22.3 Å². The van der Waals surface area contributed by atoms with Gasteiger partial charge in [-0.2, -0.15) is 13.2 Å². The Morgan fingerprint density at radius 2 is 1.55 bits per heavy atom. The van der Waals surface area contributed by atoms with Crippen molar-refractivity contribution in [3.05, 3.63) is 89.0 Å². The Bertz CT molecular complexity index is 1270. The van der Waals surface area contributed by atoms with E-state index in [9.17, 15) is 26.4 Å². The van der Waals surface area contributed by atoms with E-state index in [1.165, 1.54) is 18.2 Å². The lowest BCUT2D eigenvalue weighted by Crippen LogP contribution is -2.38. The van der Waals surface area contributed by atoms with Gasteiger partial charge >= 0.3 is 6.18 Å². The number of alkyl halides is 3. The van der Waals surface area contributed by atoms with E-state index in [0.717, 1.165) is 34.9 Å². The molecule has 1 N–H and O–H groups in total. The molecule has 3 aromatic rings. The highest BCUT2D eigenvalue weighted by molar-refractivity contribution is 7.92. The molecule has 0 saturated carbocycles. The van der Waals surface area contributed by atoms with Crippen molar-refractivity contribution in [3.8, 4) is 0 Å². The van der Waals surface area contributed by atoms with Crippen LogP contribution in [0.3, 0.4) is 0 Å². The average Bonchev–Trinajstić information content (AvgIpc) is 2.74. The summed E-state index contributed by atoms with van der Waals surface area (Å²) >= 11 is 0. The summed E-state index contributed by atoms with van der Waals surface area (Å²) in [6.07, 6.45) is -4.67. The van der Waals surface area contributed by atoms with E-state index in [1.54, 1.807) is 38.1 Å². The first-order chi connectivity index (χ1) is 15.4. The molecule has 0 heterocycles. The number of aryl methyl sites for hydroxylation is 3. The summed E-state index contributed by atoms with van der Waals surface area (Å²) in [5.74, 6) is -0.684. The van der Waals surface area contributed by atoms with Crippen molar-refractivity contribution >= 4 is 27.3 Å². The first-order valence-electron chi connectivity index (χ1n) is 10.0. The molecule has 0 atom stereocenters. The third-order valence-corrected chi connectivity index (χ3v) is 6.81. The summed E-state index contributed by atoms with van der Waals surface area (Å²) in [5, 5.41) is 2.66. The molecule has 0 aliphatic carbocycles. The number of carbonyl (C=O) groups is 1. The third kappa shape index (κ3) is 5.73. The van der Waals surface area contributed by atoms with E-state index in [-0.39, 0.29) is 10.6 Å². The molecule has 5 nitrogen and oxygen atoms in total. The molecule has 3 rings (SSSR count). The van der Waals surface area contributed by atoms with E-state index in [2.05, 4.69) is 5.32 Å². The number of carbonyl (C=O) groups excluding carboxylic acids is 1.